The number of aromatic nitrogens is 3. The second kappa shape index (κ2) is 8.67. The lowest BCUT2D eigenvalue weighted by atomic mass is 9.94. The number of anilines is 1. The number of halogens is 1. The summed E-state index contributed by atoms with van der Waals surface area (Å²) in [6.45, 7) is 0.882. The summed E-state index contributed by atoms with van der Waals surface area (Å²) in [4.78, 5) is 13.7. The SMILES string of the molecule is CNc1cc(C2CCN(S(=O)(=O)c3ccc(Cl)cc3)CC2)nc(-c2cccnc2)n1. The van der Waals surface area contributed by atoms with Gasteiger partial charge in [-0.25, -0.2) is 18.4 Å². The van der Waals surface area contributed by atoms with Crippen molar-refractivity contribution in [1.29, 1.82) is 0 Å². The lowest BCUT2D eigenvalue weighted by molar-refractivity contribution is 0.316. The molecule has 0 saturated carbocycles. The highest BCUT2D eigenvalue weighted by Gasteiger charge is 2.30. The summed E-state index contributed by atoms with van der Waals surface area (Å²) < 4.78 is 27.4. The van der Waals surface area contributed by atoms with E-state index in [1.807, 2.05) is 25.2 Å². The molecule has 1 fully saturated rings. The molecule has 3 heterocycles. The number of piperidine rings is 1. The molecule has 156 valence electrons. The lowest BCUT2D eigenvalue weighted by Crippen LogP contribution is -2.38. The molecule has 0 atom stereocenters. The molecule has 1 aromatic carbocycles. The molecule has 0 aliphatic carbocycles. The van der Waals surface area contributed by atoms with Crippen molar-refractivity contribution in [2.45, 2.75) is 23.7 Å². The average Bonchev–Trinajstić information content (AvgIpc) is 2.79. The van der Waals surface area contributed by atoms with Crippen molar-refractivity contribution >= 4 is 27.4 Å². The predicted octanol–water partition coefficient (Wildman–Crippen LogP) is 3.80. The Labute approximate surface area is 181 Å². The van der Waals surface area contributed by atoms with E-state index < -0.39 is 10.0 Å². The molecule has 1 saturated heterocycles. The van der Waals surface area contributed by atoms with Gasteiger partial charge in [0.25, 0.3) is 0 Å². The summed E-state index contributed by atoms with van der Waals surface area (Å²) in [5, 5.41) is 3.60. The fraction of sp³-hybridized carbons (Fsp3) is 0.286. The summed E-state index contributed by atoms with van der Waals surface area (Å²) in [5.41, 5.74) is 1.76. The van der Waals surface area contributed by atoms with Gasteiger partial charge in [0.1, 0.15) is 5.82 Å². The molecule has 9 heteroatoms. The molecule has 1 aliphatic rings. The maximum absolute atomic E-state index is 12.9. The number of pyridine rings is 1. The van der Waals surface area contributed by atoms with Crippen molar-refractivity contribution in [3.05, 3.63) is 65.6 Å². The maximum Gasteiger partial charge on any atom is 0.243 e. The van der Waals surface area contributed by atoms with Crippen molar-refractivity contribution in [2.24, 2.45) is 0 Å². The second-order valence-corrected chi connectivity index (χ2v) is 9.50. The number of hydrogen-bond acceptors (Lipinski definition) is 6. The lowest BCUT2D eigenvalue weighted by Gasteiger charge is -2.31. The molecule has 7 nitrogen and oxygen atoms in total. The zero-order valence-corrected chi connectivity index (χ0v) is 18.1. The standard InChI is InChI=1S/C21H22ClN5O2S/c1-23-20-13-19(25-21(26-20)16-3-2-10-24-14-16)15-8-11-27(12-9-15)30(28,29)18-6-4-17(22)5-7-18/h2-7,10,13-15H,8-9,11-12H2,1H3,(H,23,25,26). The van der Waals surface area contributed by atoms with Crippen molar-refractivity contribution in [2.75, 3.05) is 25.5 Å². The quantitative estimate of drug-likeness (QED) is 0.645. The van der Waals surface area contributed by atoms with Crippen LogP contribution >= 0.6 is 11.6 Å². The molecule has 4 rings (SSSR count). The van der Waals surface area contributed by atoms with E-state index in [4.69, 9.17) is 16.6 Å². The van der Waals surface area contributed by atoms with Crippen molar-refractivity contribution in [3.8, 4) is 11.4 Å². The third kappa shape index (κ3) is 4.30. The molecule has 0 amide bonds. The van der Waals surface area contributed by atoms with Crippen LogP contribution in [0.1, 0.15) is 24.5 Å². The minimum Gasteiger partial charge on any atom is -0.373 e. The van der Waals surface area contributed by atoms with Gasteiger partial charge in [0.15, 0.2) is 5.82 Å². The van der Waals surface area contributed by atoms with Crippen LogP contribution in [0.3, 0.4) is 0 Å². The van der Waals surface area contributed by atoms with Crippen LogP contribution < -0.4 is 5.32 Å². The van der Waals surface area contributed by atoms with Crippen LogP contribution in [-0.4, -0.2) is 47.8 Å². The van der Waals surface area contributed by atoms with E-state index in [1.54, 1.807) is 36.7 Å². The number of sulfonamides is 1. The highest BCUT2D eigenvalue weighted by Crippen LogP contribution is 2.32. The Morgan fingerprint density at radius 3 is 2.47 bits per heavy atom. The zero-order chi connectivity index (χ0) is 21.1. The van der Waals surface area contributed by atoms with Crippen LogP contribution in [0, 0.1) is 0 Å². The van der Waals surface area contributed by atoms with E-state index >= 15 is 0 Å². The molecule has 0 bridgehead atoms. The molecule has 2 aromatic heterocycles. The summed E-state index contributed by atoms with van der Waals surface area (Å²) in [5.74, 6) is 1.50. The third-order valence-corrected chi connectivity index (χ3v) is 7.41. The van der Waals surface area contributed by atoms with Gasteiger partial charge in [0.05, 0.1) is 4.90 Å². The van der Waals surface area contributed by atoms with E-state index in [0.717, 1.165) is 17.1 Å². The minimum atomic E-state index is -3.53. The van der Waals surface area contributed by atoms with Gasteiger partial charge in [0.2, 0.25) is 10.0 Å². The Balaban J connectivity index is 1.53. The van der Waals surface area contributed by atoms with Gasteiger partial charge < -0.3 is 5.32 Å². The Bertz CT molecular complexity index is 1120. The number of benzene rings is 1. The first-order chi connectivity index (χ1) is 14.5. The molecule has 1 aliphatic heterocycles. The van der Waals surface area contributed by atoms with Crippen LogP contribution in [0.5, 0.6) is 0 Å². The molecule has 0 radical (unpaired) electrons. The van der Waals surface area contributed by atoms with Crippen molar-refractivity contribution in [3.63, 3.8) is 0 Å². The Kier molecular flexibility index (Phi) is 5.99. The maximum atomic E-state index is 12.9. The van der Waals surface area contributed by atoms with Crippen LogP contribution in [0.25, 0.3) is 11.4 Å². The second-order valence-electron chi connectivity index (χ2n) is 7.13. The molecule has 0 spiro atoms. The van der Waals surface area contributed by atoms with E-state index in [1.165, 1.54) is 4.31 Å². The fourth-order valence-electron chi connectivity index (χ4n) is 3.57. The number of rotatable bonds is 5. The van der Waals surface area contributed by atoms with Gasteiger partial charge >= 0.3 is 0 Å². The minimum absolute atomic E-state index is 0.159. The topological polar surface area (TPSA) is 88.1 Å². The van der Waals surface area contributed by atoms with E-state index in [-0.39, 0.29) is 10.8 Å². The molecule has 3 aromatic rings. The van der Waals surface area contributed by atoms with Crippen LogP contribution in [0.15, 0.2) is 59.8 Å². The first kappa shape index (κ1) is 20.7. The normalized spacial score (nSPS) is 15.8. The molecular weight excluding hydrogens is 422 g/mol. The van der Waals surface area contributed by atoms with Gasteiger partial charge in [-0.1, -0.05) is 11.6 Å². The fourth-order valence-corrected chi connectivity index (χ4v) is 5.17. The van der Waals surface area contributed by atoms with Gasteiger partial charge in [-0.15, -0.1) is 0 Å². The Morgan fingerprint density at radius 2 is 1.83 bits per heavy atom. The summed E-state index contributed by atoms with van der Waals surface area (Å²) >= 11 is 5.89. The molecule has 0 unspecified atom stereocenters. The van der Waals surface area contributed by atoms with Gasteiger partial charge in [-0.2, -0.15) is 4.31 Å². The number of nitrogens with one attached hydrogen (secondary N) is 1. The molecular formula is C21H22ClN5O2S. The number of hydrogen-bond donors (Lipinski definition) is 1. The van der Waals surface area contributed by atoms with E-state index in [2.05, 4.69) is 15.3 Å². The largest absolute Gasteiger partial charge is 0.373 e. The molecule has 30 heavy (non-hydrogen) atoms. The van der Waals surface area contributed by atoms with E-state index in [9.17, 15) is 8.42 Å². The highest BCUT2D eigenvalue weighted by molar-refractivity contribution is 7.89. The summed E-state index contributed by atoms with van der Waals surface area (Å²) in [6, 6.07) is 12.0. The molecule has 1 N–H and O–H groups in total. The van der Waals surface area contributed by atoms with Crippen molar-refractivity contribution in [1.82, 2.24) is 19.3 Å². The predicted molar refractivity (Wildman–Crippen MR) is 117 cm³/mol. The Morgan fingerprint density at radius 1 is 1.10 bits per heavy atom. The average molecular weight is 444 g/mol. The van der Waals surface area contributed by atoms with Crippen LogP contribution in [-0.2, 0) is 10.0 Å². The number of nitrogens with zero attached hydrogens (tertiary/aromatic N) is 4. The van der Waals surface area contributed by atoms with Crippen LogP contribution in [0.4, 0.5) is 5.82 Å². The smallest absolute Gasteiger partial charge is 0.243 e. The van der Waals surface area contributed by atoms with Gasteiger partial charge in [0, 0.05) is 60.8 Å². The Hall–Kier alpha value is -2.55. The monoisotopic (exact) mass is 443 g/mol. The highest BCUT2D eigenvalue weighted by atomic mass is 35.5. The first-order valence-corrected chi connectivity index (χ1v) is 11.5. The third-order valence-electron chi connectivity index (χ3n) is 5.25. The zero-order valence-electron chi connectivity index (χ0n) is 16.5. The summed E-state index contributed by atoms with van der Waals surface area (Å²) in [7, 11) is -1.71. The van der Waals surface area contributed by atoms with Gasteiger partial charge in [-0.3, -0.25) is 4.98 Å². The van der Waals surface area contributed by atoms with E-state index in [0.29, 0.717) is 36.8 Å². The first-order valence-electron chi connectivity index (χ1n) is 9.70. The van der Waals surface area contributed by atoms with Gasteiger partial charge in [-0.05, 0) is 49.2 Å². The van der Waals surface area contributed by atoms with Crippen LogP contribution in [0.2, 0.25) is 5.02 Å². The van der Waals surface area contributed by atoms with Crippen molar-refractivity contribution < 1.29 is 8.42 Å². The summed E-state index contributed by atoms with van der Waals surface area (Å²) in [6.07, 6.45) is 4.84.